The van der Waals surface area contributed by atoms with Crippen LogP contribution in [-0.2, 0) is 0 Å². The number of aryl methyl sites for hydroxylation is 1. The first-order valence-corrected chi connectivity index (χ1v) is 10.3. The fourth-order valence-corrected chi connectivity index (χ4v) is 4.59. The van der Waals surface area contributed by atoms with E-state index in [0.29, 0.717) is 11.2 Å². The van der Waals surface area contributed by atoms with E-state index in [9.17, 15) is 4.39 Å². The molecule has 2 heterocycles. The molecule has 1 N–H and O–H groups in total. The van der Waals surface area contributed by atoms with Gasteiger partial charge >= 0.3 is 0 Å². The summed E-state index contributed by atoms with van der Waals surface area (Å²) >= 11 is 2.33. The van der Waals surface area contributed by atoms with E-state index in [1.165, 1.54) is 37.0 Å². The largest absolute Gasteiger partial charge is 0.455 e. The molecule has 138 valence electrons. The SMILES string of the molecule is Cc1cc(N2CCC3(CCCNC3)C2)c(Oc2cccc(F)c2)cc1I. The Morgan fingerprint density at radius 1 is 1.23 bits per heavy atom. The summed E-state index contributed by atoms with van der Waals surface area (Å²) in [5, 5.41) is 3.57. The maximum atomic E-state index is 13.6. The van der Waals surface area contributed by atoms with E-state index in [1.54, 1.807) is 12.1 Å². The molecule has 0 bridgehead atoms. The van der Waals surface area contributed by atoms with Gasteiger partial charge in [0, 0.05) is 34.7 Å². The number of nitrogens with zero attached hydrogens (tertiary/aromatic N) is 1. The zero-order valence-electron chi connectivity index (χ0n) is 15.0. The highest BCUT2D eigenvalue weighted by atomic mass is 127. The second-order valence-electron chi connectivity index (χ2n) is 7.58. The lowest BCUT2D eigenvalue weighted by Gasteiger charge is -2.34. The fraction of sp³-hybridized carbons (Fsp3) is 0.429. The van der Waals surface area contributed by atoms with Gasteiger partial charge in [0.25, 0.3) is 0 Å². The molecular weight excluding hydrogens is 442 g/mol. The molecule has 3 nitrogen and oxygen atoms in total. The number of nitrogens with one attached hydrogen (secondary N) is 1. The molecule has 0 aromatic heterocycles. The van der Waals surface area contributed by atoms with Crippen LogP contribution in [0.15, 0.2) is 36.4 Å². The maximum absolute atomic E-state index is 13.6. The molecule has 0 radical (unpaired) electrons. The minimum absolute atomic E-state index is 0.278. The van der Waals surface area contributed by atoms with Crippen molar-refractivity contribution in [3.63, 3.8) is 0 Å². The van der Waals surface area contributed by atoms with Gasteiger partial charge in [-0.05, 0) is 85.2 Å². The van der Waals surface area contributed by atoms with Gasteiger partial charge < -0.3 is 15.0 Å². The zero-order chi connectivity index (χ0) is 18.1. The Hall–Kier alpha value is -1.34. The molecule has 1 spiro atoms. The lowest BCUT2D eigenvalue weighted by Crippen LogP contribution is -2.41. The standard InChI is InChI=1S/C21H24FIN2O/c1-15-10-19(25-9-7-21(14-25)6-3-8-24-13-21)20(12-18(15)23)26-17-5-2-4-16(22)11-17/h2,4-5,10-12,24H,3,6-9,13-14H2,1H3. The van der Waals surface area contributed by atoms with Gasteiger partial charge in [-0.2, -0.15) is 0 Å². The van der Waals surface area contributed by atoms with Crippen molar-refractivity contribution in [2.75, 3.05) is 31.1 Å². The van der Waals surface area contributed by atoms with E-state index >= 15 is 0 Å². The molecule has 4 rings (SSSR count). The molecule has 0 amide bonds. The van der Waals surface area contributed by atoms with Gasteiger partial charge in [0.1, 0.15) is 11.6 Å². The van der Waals surface area contributed by atoms with E-state index < -0.39 is 0 Å². The van der Waals surface area contributed by atoms with Crippen molar-refractivity contribution < 1.29 is 9.13 Å². The van der Waals surface area contributed by atoms with E-state index in [2.05, 4.69) is 51.9 Å². The average Bonchev–Trinajstić information content (AvgIpc) is 3.02. The number of hydrogen-bond donors (Lipinski definition) is 1. The van der Waals surface area contributed by atoms with E-state index in [0.717, 1.165) is 41.2 Å². The Balaban J connectivity index is 1.64. The van der Waals surface area contributed by atoms with Crippen molar-refractivity contribution in [1.82, 2.24) is 5.32 Å². The van der Waals surface area contributed by atoms with Gasteiger partial charge in [-0.1, -0.05) is 6.07 Å². The van der Waals surface area contributed by atoms with E-state index in [4.69, 9.17) is 4.74 Å². The van der Waals surface area contributed by atoms with Crippen LogP contribution in [0.1, 0.15) is 24.8 Å². The third kappa shape index (κ3) is 3.69. The lowest BCUT2D eigenvalue weighted by atomic mass is 9.80. The zero-order valence-corrected chi connectivity index (χ0v) is 17.2. The van der Waals surface area contributed by atoms with Crippen molar-refractivity contribution in [1.29, 1.82) is 0 Å². The summed E-state index contributed by atoms with van der Waals surface area (Å²) in [5.74, 6) is 1.07. The fourth-order valence-electron chi connectivity index (χ4n) is 4.15. The number of hydrogen-bond acceptors (Lipinski definition) is 3. The summed E-state index contributed by atoms with van der Waals surface area (Å²) in [7, 11) is 0. The highest BCUT2D eigenvalue weighted by Gasteiger charge is 2.39. The van der Waals surface area contributed by atoms with Crippen LogP contribution in [0, 0.1) is 21.7 Å². The first-order chi connectivity index (χ1) is 12.5. The highest BCUT2D eigenvalue weighted by molar-refractivity contribution is 14.1. The van der Waals surface area contributed by atoms with Crippen LogP contribution in [0.2, 0.25) is 0 Å². The Bertz CT molecular complexity index is 805. The first kappa shape index (κ1) is 18.0. The molecule has 2 aromatic rings. The summed E-state index contributed by atoms with van der Waals surface area (Å²) in [6, 6.07) is 10.6. The summed E-state index contributed by atoms with van der Waals surface area (Å²) < 4.78 is 20.8. The van der Waals surface area contributed by atoms with Gasteiger partial charge in [-0.25, -0.2) is 4.39 Å². The van der Waals surface area contributed by atoms with E-state index in [1.807, 2.05) is 0 Å². The second-order valence-corrected chi connectivity index (χ2v) is 8.74. The van der Waals surface area contributed by atoms with Crippen molar-refractivity contribution in [2.24, 2.45) is 5.41 Å². The normalized spacial score (nSPS) is 22.8. The van der Waals surface area contributed by atoms with Gasteiger partial charge in [-0.15, -0.1) is 0 Å². The molecule has 2 fully saturated rings. The Labute approximate surface area is 168 Å². The monoisotopic (exact) mass is 466 g/mol. The molecule has 1 unspecified atom stereocenters. The third-order valence-electron chi connectivity index (χ3n) is 5.60. The number of anilines is 1. The van der Waals surface area contributed by atoms with Gasteiger partial charge in [-0.3, -0.25) is 0 Å². The molecule has 5 heteroatoms. The molecular formula is C21H24FIN2O. The average molecular weight is 466 g/mol. The van der Waals surface area contributed by atoms with E-state index in [-0.39, 0.29) is 5.82 Å². The molecule has 1 atom stereocenters. The molecule has 2 aliphatic rings. The molecule has 26 heavy (non-hydrogen) atoms. The Morgan fingerprint density at radius 3 is 2.88 bits per heavy atom. The van der Waals surface area contributed by atoms with Crippen LogP contribution in [0.3, 0.4) is 0 Å². The summed E-state index contributed by atoms with van der Waals surface area (Å²) in [4.78, 5) is 2.45. The van der Waals surface area contributed by atoms with Crippen LogP contribution in [0.25, 0.3) is 0 Å². The highest BCUT2D eigenvalue weighted by Crippen LogP contribution is 2.43. The van der Waals surface area contributed by atoms with Gasteiger partial charge in [0.2, 0.25) is 0 Å². The van der Waals surface area contributed by atoms with Crippen molar-refractivity contribution in [2.45, 2.75) is 26.2 Å². The number of rotatable bonds is 3. The second kappa shape index (κ2) is 7.35. The predicted molar refractivity (Wildman–Crippen MR) is 112 cm³/mol. The number of benzene rings is 2. The maximum Gasteiger partial charge on any atom is 0.151 e. The summed E-state index contributed by atoms with van der Waals surface area (Å²) in [6.07, 6.45) is 3.76. The smallest absolute Gasteiger partial charge is 0.151 e. The number of piperidine rings is 1. The Morgan fingerprint density at radius 2 is 2.12 bits per heavy atom. The first-order valence-electron chi connectivity index (χ1n) is 9.24. The molecule has 2 aromatic carbocycles. The Kier molecular flexibility index (Phi) is 5.10. The molecule has 0 saturated carbocycles. The summed E-state index contributed by atoms with van der Waals surface area (Å²) in [5.41, 5.74) is 2.75. The van der Waals surface area contributed by atoms with Crippen molar-refractivity contribution >= 4 is 28.3 Å². The van der Waals surface area contributed by atoms with Crippen LogP contribution in [0.5, 0.6) is 11.5 Å². The molecule has 2 aliphatic heterocycles. The molecule has 2 saturated heterocycles. The van der Waals surface area contributed by atoms with Crippen LogP contribution < -0.4 is 15.0 Å². The van der Waals surface area contributed by atoms with Crippen LogP contribution in [0.4, 0.5) is 10.1 Å². The van der Waals surface area contributed by atoms with Crippen molar-refractivity contribution in [3.05, 3.63) is 51.3 Å². The lowest BCUT2D eigenvalue weighted by molar-refractivity contribution is 0.239. The van der Waals surface area contributed by atoms with Crippen molar-refractivity contribution in [3.8, 4) is 11.5 Å². The minimum Gasteiger partial charge on any atom is -0.455 e. The number of halogens is 2. The summed E-state index contributed by atoms with van der Waals surface area (Å²) in [6.45, 7) is 6.47. The van der Waals surface area contributed by atoms with Gasteiger partial charge in [0.15, 0.2) is 5.75 Å². The van der Waals surface area contributed by atoms with Gasteiger partial charge in [0.05, 0.1) is 5.69 Å². The van der Waals surface area contributed by atoms with Crippen LogP contribution in [-0.4, -0.2) is 26.2 Å². The predicted octanol–water partition coefficient (Wildman–Crippen LogP) is 5.11. The third-order valence-corrected chi connectivity index (χ3v) is 6.77. The molecule has 0 aliphatic carbocycles. The number of ether oxygens (including phenoxy) is 1. The van der Waals surface area contributed by atoms with Crippen LogP contribution >= 0.6 is 22.6 Å². The minimum atomic E-state index is -0.278. The quantitative estimate of drug-likeness (QED) is 0.637. The topological polar surface area (TPSA) is 24.5 Å².